The molecule has 1 aliphatic rings. The van der Waals surface area contributed by atoms with Crippen molar-refractivity contribution in [3.05, 3.63) is 59.7 Å². The first-order chi connectivity index (χ1) is 12.0. The molecule has 6 heteroatoms. The van der Waals surface area contributed by atoms with Crippen LogP contribution in [0.1, 0.15) is 24.8 Å². The van der Waals surface area contributed by atoms with Gasteiger partial charge in [0, 0.05) is 22.7 Å². The zero-order valence-corrected chi connectivity index (χ0v) is 14.1. The number of benzene rings is 2. The molecule has 3 N–H and O–H groups in total. The minimum absolute atomic E-state index is 0.124. The molecule has 0 bridgehead atoms. The molecule has 0 amide bonds. The summed E-state index contributed by atoms with van der Waals surface area (Å²) in [5, 5.41) is 2.98. The van der Waals surface area contributed by atoms with Crippen LogP contribution < -0.4 is 15.8 Å². The lowest BCUT2D eigenvalue weighted by Crippen LogP contribution is -2.40. The maximum absolute atomic E-state index is 14.2. The third kappa shape index (κ3) is 3.57. The zero-order valence-electron chi connectivity index (χ0n) is 14.1. The first-order valence-electron chi connectivity index (χ1n) is 8.19. The minimum Gasteiger partial charge on any atom is -0.497 e. The van der Waals surface area contributed by atoms with Crippen molar-refractivity contribution in [3.8, 4) is 5.75 Å². The summed E-state index contributed by atoms with van der Waals surface area (Å²) in [7, 11) is 1.58. The lowest BCUT2D eigenvalue weighted by atomic mass is 9.64. The number of aliphatic imine (C=N–C) groups is 1. The molecule has 0 aromatic heterocycles. The SMILES string of the molecule is COc1cccc(NC(N)=NCC2(c3c(F)cccc3F)CCC2)c1. The van der Waals surface area contributed by atoms with E-state index < -0.39 is 17.0 Å². The third-order valence-electron chi connectivity index (χ3n) is 4.70. The molecule has 0 spiro atoms. The molecule has 25 heavy (non-hydrogen) atoms. The van der Waals surface area contributed by atoms with Gasteiger partial charge in [-0.1, -0.05) is 18.6 Å². The first-order valence-corrected chi connectivity index (χ1v) is 8.19. The van der Waals surface area contributed by atoms with Crippen molar-refractivity contribution in [1.82, 2.24) is 0 Å². The fourth-order valence-electron chi connectivity index (χ4n) is 3.22. The van der Waals surface area contributed by atoms with Gasteiger partial charge >= 0.3 is 0 Å². The summed E-state index contributed by atoms with van der Waals surface area (Å²) in [6.45, 7) is 0.244. The van der Waals surface area contributed by atoms with Gasteiger partial charge in [-0.15, -0.1) is 0 Å². The van der Waals surface area contributed by atoms with Crippen LogP contribution in [0, 0.1) is 11.6 Å². The average Bonchev–Trinajstić information content (AvgIpc) is 2.56. The van der Waals surface area contributed by atoms with Gasteiger partial charge in [0.15, 0.2) is 5.96 Å². The van der Waals surface area contributed by atoms with E-state index in [2.05, 4.69) is 10.3 Å². The van der Waals surface area contributed by atoms with Gasteiger partial charge in [-0.05, 0) is 37.1 Å². The van der Waals surface area contributed by atoms with Crippen molar-refractivity contribution >= 4 is 11.6 Å². The maximum Gasteiger partial charge on any atom is 0.193 e. The second-order valence-corrected chi connectivity index (χ2v) is 6.29. The number of nitrogens with one attached hydrogen (secondary N) is 1. The summed E-state index contributed by atoms with van der Waals surface area (Å²) >= 11 is 0. The molecule has 0 aliphatic heterocycles. The topological polar surface area (TPSA) is 59.6 Å². The highest BCUT2D eigenvalue weighted by molar-refractivity contribution is 5.92. The molecule has 2 aromatic carbocycles. The predicted molar refractivity (Wildman–Crippen MR) is 95.0 cm³/mol. The van der Waals surface area contributed by atoms with Gasteiger partial charge in [-0.3, -0.25) is 4.99 Å². The van der Waals surface area contributed by atoms with E-state index in [4.69, 9.17) is 10.5 Å². The quantitative estimate of drug-likeness (QED) is 0.640. The third-order valence-corrected chi connectivity index (χ3v) is 4.70. The van der Waals surface area contributed by atoms with Crippen LogP contribution >= 0.6 is 0 Å². The van der Waals surface area contributed by atoms with Gasteiger partial charge in [0.1, 0.15) is 17.4 Å². The van der Waals surface area contributed by atoms with Crippen LogP contribution in [0.2, 0.25) is 0 Å². The number of hydrogen-bond donors (Lipinski definition) is 2. The molecule has 0 atom stereocenters. The van der Waals surface area contributed by atoms with Gasteiger partial charge in [0.2, 0.25) is 0 Å². The number of anilines is 1. The van der Waals surface area contributed by atoms with Crippen LogP contribution in [-0.4, -0.2) is 19.6 Å². The van der Waals surface area contributed by atoms with Crippen molar-refractivity contribution in [2.45, 2.75) is 24.7 Å². The van der Waals surface area contributed by atoms with Crippen LogP contribution in [0.4, 0.5) is 14.5 Å². The summed E-state index contributed by atoms with van der Waals surface area (Å²) in [4.78, 5) is 4.34. The molecule has 3 rings (SSSR count). The number of nitrogens with two attached hydrogens (primary N) is 1. The monoisotopic (exact) mass is 345 g/mol. The molecule has 132 valence electrons. The van der Waals surface area contributed by atoms with Crippen LogP contribution in [0.3, 0.4) is 0 Å². The Kier molecular flexibility index (Phi) is 4.88. The lowest BCUT2D eigenvalue weighted by Gasteiger charge is -2.41. The van der Waals surface area contributed by atoms with Gasteiger partial charge < -0.3 is 15.8 Å². The minimum atomic E-state index is -0.615. The molecule has 0 unspecified atom stereocenters. The summed E-state index contributed by atoms with van der Waals surface area (Å²) in [6.07, 6.45) is 2.31. The number of halogens is 2. The summed E-state index contributed by atoms with van der Waals surface area (Å²) < 4.78 is 33.5. The number of hydrogen-bond acceptors (Lipinski definition) is 2. The normalized spacial score (nSPS) is 16.2. The Labute approximate surface area is 145 Å². The van der Waals surface area contributed by atoms with Crippen LogP contribution in [-0.2, 0) is 5.41 Å². The van der Waals surface area contributed by atoms with Gasteiger partial charge in [-0.2, -0.15) is 0 Å². The Bertz CT molecular complexity index is 768. The Hall–Kier alpha value is -2.63. The average molecular weight is 345 g/mol. The van der Waals surface area contributed by atoms with Gasteiger partial charge in [0.05, 0.1) is 13.7 Å². The molecule has 0 radical (unpaired) electrons. The van der Waals surface area contributed by atoms with E-state index in [9.17, 15) is 8.78 Å². The molecule has 1 saturated carbocycles. The highest BCUT2D eigenvalue weighted by Gasteiger charge is 2.42. The number of rotatable bonds is 5. The largest absolute Gasteiger partial charge is 0.497 e. The Morgan fingerprint density at radius 2 is 1.88 bits per heavy atom. The number of guanidine groups is 1. The Balaban J connectivity index is 1.77. The summed E-state index contributed by atoms with van der Waals surface area (Å²) in [6, 6.07) is 11.2. The van der Waals surface area contributed by atoms with E-state index in [1.54, 1.807) is 13.2 Å². The van der Waals surface area contributed by atoms with Crippen LogP contribution in [0.15, 0.2) is 47.5 Å². The highest BCUT2D eigenvalue weighted by atomic mass is 19.1. The van der Waals surface area contributed by atoms with Crippen LogP contribution in [0.25, 0.3) is 0 Å². The van der Waals surface area contributed by atoms with E-state index in [0.29, 0.717) is 18.6 Å². The molecule has 0 heterocycles. The molecule has 2 aromatic rings. The molecule has 1 fully saturated rings. The van der Waals surface area contributed by atoms with E-state index in [0.717, 1.165) is 12.1 Å². The summed E-state index contributed by atoms with van der Waals surface area (Å²) in [5.41, 5.74) is 6.19. The first kappa shape index (κ1) is 17.2. The van der Waals surface area contributed by atoms with E-state index in [1.165, 1.54) is 18.2 Å². The van der Waals surface area contributed by atoms with E-state index in [-0.39, 0.29) is 18.1 Å². The zero-order chi connectivity index (χ0) is 17.9. The smallest absolute Gasteiger partial charge is 0.193 e. The molecule has 0 saturated heterocycles. The molecular weight excluding hydrogens is 324 g/mol. The molecular formula is C19H21F2N3O. The second kappa shape index (κ2) is 7.09. The fraction of sp³-hybridized carbons (Fsp3) is 0.316. The van der Waals surface area contributed by atoms with Crippen molar-refractivity contribution in [1.29, 1.82) is 0 Å². The van der Waals surface area contributed by atoms with Crippen molar-refractivity contribution in [2.75, 3.05) is 19.0 Å². The summed E-state index contributed by atoms with van der Waals surface area (Å²) in [5.74, 6) is -0.138. The van der Waals surface area contributed by atoms with Crippen molar-refractivity contribution in [2.24, 2.45) is 10.7 Å². The second-order valence-electron chi connectivity index (χ2n) is 6.29. The van der Waals surface area contributed by atoms with Crippen LogP contribution in [0.5, 0.6) is 5.75 Å². The molecule has 1 aliphatic carbocycles. The van der Waals surface area contributed by atoms with Gasteiger partial charge in [0.25, 0.3) is 0 Å². The standard InChI is InChI=1S/C19H21F2N3O/c1-25-14-6-2-5-13(11-14)24-18(22)23-12-19(9-4-10-19)17-15(20)7-3-8-16(17)21/h2-3,5-8,11H,4,9-10,12H2,1H3,(H3,22,23,24). The lowest BCUT2D eigenvalue weighted by molar-refractivity contribution is 0.236. The fourth-order valence-corrected chi connectivity index (χ4v) is 3.22. The van der Waals surface area contributed by atoms with E-state index >= 15 is 0 Å². The maximum atomic E-state index is 14.2. The Morgan fingerprint density at radius 3 is 2.48 bits per heavy atom. The number of ether oxygens (including phenoxy) is 1. The van der Waals surface area contributed by atoms with Crippen molar-refractivity contribution in [3.63, 3.8) is 0 Å². The highest BCUT2D eigenvalue weighted by Crippen LogP contribution is 2.46. The Morgan fingerprint density at radius 1 is 1.20 bits per heavy atom. The van der Waals surface area contributed by atoms with Crippen molar-refractivity contribution < 1.29 is 13.5 Å². The molecule has 4 nitrogen and oxygen atoms in total. The van der Waals surface area contributed by atoms with Gasteiger partial charge in [-0.25, -0.2) is 8.78 Å². The number of nitrogens with zero attached hydrogens (tertiary/aromatic N) is 1. The predicted octanol–water partition coefficient (Wildman–Crippen LogP) is 3.82. The number of methoxy groups -OCH3 is 1. The van der Waals surface area contributed by atoms with E-state index in [1.807, 2.05) is 18.2 Å².